The Balaban J connectivity index is 2.46. The van der Waals surface area contributed by atoms with Crippen molar-refractivity contribution in [2.24, 2.45) is 0 Å². The Morgan fingerprint density at radius 1 is 1.53 bits per heavy atom. The summed E-state index contributed by atoms with van der Waals surface area (Å²) in [6.45, 7) is 1.81. The van der Waals surface area contributed by atoms with Crippen LogP contribution in [0, 0.1) is 6.92 Å². The SMILES string of the molecule is Cc1ncccc1C(=O)NCC[C@H](O)C(=O)O. The van der Waals surface area contributed by atoms with Crippen LogP contribution in [-0.4, -0.2) is 39.7 Å². The van der Waals surface area contributed by atoms with Crippen molar-refractivity contribution in [2.45, 2.75) is 19.4 Å². The van der Waals surface area contributed by atoms with E-state index in [1.54, 1.807) is 25.3 Å². The maximum atomic E-state index is 11.6. The van der Waals surface area contributed by atoms with Crippen LogP contribution in [0.3, 0.4) is 0 Å². The number of pyridine rings is 1. The number of nitrogens with one attached hydrogen (secondary N) is 1. The molecule has 0 aliphatic carbocycles. The summed E-state index contributed by atoms with van der Waals surface area (Å²) >= 11 is 0. The molecule has 1 rings (SSSR count). The molecule has 3 N–H and O–H groups in total. The van der Waals surface area contributed by atoms with Crippen LogP contribution in [0.1, 0.15) is 22.5 Å². The second-order valence-corrected chi connectivity index (χ2v) is 3.53. The van der Waals surface area contributed by atoms with E-state index in [0.717, 1.165) is 0 Å². The van der Waals surface area contributed by atoms with Gasteiger partial charge in [0.25, 0.3) is 5.91 Å². The van der Waals surface area contributed by atoms with Gasteiger partial charge in [0.2, 0.25) is 0 Å². The summed E-state index contributed by atoms with van der Waals surface area (Å²) in [4.78, 5) is 25.9. The highest BCUT2D eigenvalue weighted by Crippen LogP contribution is 2.03. The zero-order valence-electron chi connectivity index (χ0n) is 9.38. The highest BCUT2D eigenvalue weighted by molar-refractivity contribution is 5.95. The van der Waals surface area contributed by atoms with E-state index in [9.17, 15) is 9.59 Å². The van der Waals surface area contributed by atoms with Crippen molar-refractivity contribution in [3.05, 3.63) is 29.6 Å². The molecule has 0 aliphatic heterocycles. The topological polar surface area (TPSA) is 99.5 Å². The van der Waals surface area contributed by atoms with Gasteiger partial charge in [-0.05, 0) is 19.1 Å². The lowest BCUT2D eigenvalue weighted by Gasteiger charge is -2.08. The molecule has 1 amide bonds. The molecule has 0 fully saturated rings. The van der Waals surface area contributed by atoms with Gasteiger partial charge in [-0.2, -0.15) is 0 Å². The minimum absolute atomic E-state index is 0.0274. The number of nitrogens with zero attached hydrogens (tertiary/aromatic N) is 1. The van der Waals surface area contributed by atoms with E-state index in [4.69, 9.17) is 10.2 Å². The van der Waals surface area contributed by atoms with Gasteiger partial charge in [0.15, 0.2) is 6.10 Å². The van der Waals surface area contributed by atoms with Gasteiger partial charge in [0.1, 0.15) is 0 Å². The molecule has 92 valence electrons. The van der Waals surface area contributed by atoms with E-state index in [1.165, 1.54) is 0 Å². The number of amides is 1. The first kappa shape index (κ1) is 13.1. The highest BCUT2D eigenvalue weighted by atomic mass is 16.4. The second-order valence-electron chi connectivity index (χ2n) is 3.53. The maximum Gasteiger partial charge on any atom is 0.332 e. The molecular weight excluding hydrogens is 224 g/mol. The molecule has 6 heteroatoms. The highest BCUT2D eigenvalue weighted by Gasteiger charge is 2.14. The lowest BCUT2D eigenvalue weighted by atomic mass is 10.2. The van der Waals surface area contributed by atoms with Crippen LogP contribution in [-0.2, 0) is 4.79 Å². The van der Waals surface area contributed by atoms with Crippen molar-refractivity contribution in [3.8, 4) is 0 Å². The van der Waals surface area contributed by atoms with E-state index >= 15 is 0 Å². The zero-order valence-corrected chi connectivity index (χ0v) is 9.38. The lowest BCUT2D eigenvalue weighted by molar-refractivity contribution is -0.146. The van der Waals surface area contributed by atoms with Crippen molar-refractivity contribution in [1.82, 2.24) is 10.3 Å². The predicted molar refractivity (Wildman–Crippen MR) is 59.6 cm³/mol. The minimum Gasteiger partial charge on any atom is -0.479 e. The Kier molecular flexibility index (Phi) is 4.59. The Hall–Kier alpha value is -1.95. The van der Waals surface area contributed by atoms with Gasteiger partial charge in [0.05, 0.1) is 5.56 Å². The van der Waals surface area contributed by atoms with Crippen LogP contribution in [0.2, 0.25) is 0 Å². The number of carbonyl (C=O) groups excluding carboxylic acids is 1. The molecule has 0 aliphatic rings. The third-order valence-electron chi connectivity index (χ3n) is 2.24. The van der Waals surface area contributed by atoms with Crippen LogP contribution in [0.25, 0.3) is 0 Å². The fourth-order valence-corrected chi connectivity index (χ4v) is 1.27. The first-order valence-corrected chi connectivity index (χ1v) is 5.13. The number of aliphatic hydroxyl groups is 1. The first-order chi connectivity index (χ1) is 8.02. The summed E-state index contributed by atoms with van der Waals surface area (Å²) in [7, 11) is 0. The summed E-state index contributed by atoms with van der Waals surface area (Å²) < 4.78 is 0. The number of aliphatic hydroxyl groups excluding tert-OH is 1. The van der Waals surface area contributed by atoms with Gasteiger partial charge < -0.3 is 15.5 Å². The smallest absolute Gasteiger partial charge is 0.332 e. The van der Waals surface area contributed by atoms with E-state index < -0.39 is 12.1 Å². The summed E-state index contributed by atoms with van der Waals surface area (Å²) in [5, 5.41) is 20.0. The van der Waals surface area contributed by atoms with Gasteiger partial charge in [-0.1, -0.05) is 0 Å². The molecule has 6 nitrogen and oxygen atoms in total. The minimum atomic E-state index is -1.45. The van der Waals surface area contributed by atoms with Crippen LogP contribution >= 0.6 is 0 Å². The van der Waals surface area contributed by atoms with E-state index in [1.807, 2.05) is 0 Å². The number of hydrogen-bond acceptors (Lipinski definition) is 4. The molecule has 0 unspecified atom stereocenters. The van der Waals surface area contributed by atoms with Crippen LogP contribution in [0.5, 0.6) is 0 Å². The largest absolute Gasteiger partial charge is 0.479 e. The first-order valence-electron chi connectivity index (χ1n) is 5.13. The van der Waals surface area contributed by atoms with Crippen molar-refractivity contribution >= 4 is 11.9 Å². The Morgan fingerprint density at radius 2 is 2.24 bits per heavy atom. The number of carboxylic acid groups (broad SMARTS) is 1. The molecule has 1 aromatic heterocycles. The van der Waals surface area contributed by atoms with Gasteiger partial charge in [-0.3, -0.25) is 9.78 Å². The molecule has 0 saturated carbocycles. The molecule has 0 radical (unpaired) electrons. The van der Waals surface area contributed by atoms with Crippen LogP contribution < -0.4 is 5.32 Å². The average Bonchev–Trinajstić information content (AvgIpc) is 2.29. The molecule has 1 atom stereocenters. The number of carboxylic acids is 1. The maximum absolute atomic E-state index is 11.6. The number of aryl methyl sites for hydroxylation is 1. The molecule has 0 bridgehead atoms. The number of carbonyl (C=O) groups is 2. The van der Waals surface area contributed by atoms with Gasteiger partial charge >= 0.3 is 5.97 Å². The number of rotatable bonds is 5. The number of aromatic nitrogens is 1. The summed E-state index contributed by atoms with van der Waals surface area (Å²) in [5.74, 6) is -1.62. The quantitative estimate of drug-likeness (QED) is 0.668. The Morgan fingerprint density at radius 3 is 2.82 bits per heavy atom. The molecular formula is C11H14N2O4. The van der Waals surface area contributed by atoms with Gasteiger partial charge in [-0.25, -0.2) is 4.79 Å². The monoisotopic (exact) mass is 238 g/mol. The Labute approximate surface area is 98.3 Å². The standard InChI is InChI=1S/C11H14N2O4/c1-7-8(3-2-5-12-7)10(15)13-6-4-9(14)11(16)17/h2-3,5,9,14H,4,6H2,1H3,(H,13,15)(H,16,17)/t9-/m0/s1. The third kappa shape index (κ3) is 3.84. The van der Waals surface area contributed by atoms with Crippen LogP contribution in [0.15, 0.2) is 18.3 Å². The summed E-state index contributed by atoms with van der Waals surface area (Å²) in [6, 6.07) is 3.28. The molecule has 1 aromatic rings. The molecule has 17 heavy (non-hydrogen) atoms. The second kappa shape index (κ2) is 5.95. The molecule has 0 spiro atoms. The van der Waals surface area contributed by atoms with Crippen molar-refractivity contribution in [3.63, 3.8) is 0 Å². The van der Waals surface area contributed by atoms with E-state index in [2.05, 4.69) is 10.3 Å². The normalized spacial score (nSPS) is 11.9. The fraction of sp³-hybridized carbons (Fsp3) is 0.364. The average molecular weight is 238 g/mol. The zero-order chi connectivity index (χ0) is 12.8. The molecule has 1 heterocycles. The van der Waals surface area contributed by atoms with E-state index in [-0.39, 0.29) is 18.9 Å². The third-order valence-corrected chi connectivity index (χ3v) is 2.24. The fourth-order valence-electron chi connectivity index (χ4n) is 1.27. The van der Waals surface area contributed by atoms with E-state index in [0.29, 0.717) is 11.3 Å². The van der Waals surface area contributed by atoms with Crippen LogP contribution in [0.4, 0.5) is 0 Å². The molecule has 0 aromatic carbocycles. The number of hydrogen-bond donors (Lipinski definition) is 3. The predicted octanol–water partition coefficient (Wildman–Crippen LogP) is -0.0446. The van der Waals surface area contributed by atoms with Crippen molar-refractivity contribution in [1.29, 1.82) is 0 Å². The van der Waals surface area contributed by atoms with Gasteiger partial charge in [-0.15, -0.1) is 0 Å². The van der Waals surface area contributed by atoms with Crippen molar-refractivity contribution < 1.29 is 19.8 Å². The lowest BCUT2D eigenvalue weighted by Crippen LogP contribution is -2.30. The van der Waals surface area contributed by atoms with Gasteiger partial charge in [0, 0.05) is 24.9 Å². The number of aliphatic carboxylic acids is 1. The summed E-state index contributed by atoms with van der Waals surface area (Å²) in [5.41, 5.74) is 1.04. The molecule has 0 saturated heterocycles. The summed E-state index contributed by atoms with van der Waals surface area (Å²) in [6.07, 6.45) is 0.103. The Bertz CT molecular complexity index is 420. The van der Waals surface area contributed by atoms with Crippen molar-refractivity contribution in [2.75, 3.05) is 6.54 Å².